The number of piperazine rings is 1. The summed E-state index contributed by atoms with van der Waals surface area (Å²) in [6.45, 7) is 4.08. The van der Waals surface area contributed by atoms with E-state index in [1.165, 1.54) is 23.0 Å². The van der Waals surface area contributed by atoms with Gasteiger partial charge in [0.2, 0.25) is 18.6 Å². The quantitative estimate of drug-likeness (QED) is 0.511. The molecule has 180 valence electrons. The zero-order chi connectivity index (χ0) is 24.0. The Hall–Kier alpha value is -3.69. The zero-order valence-corrected chi connectivity index (χ0v) is 20.0. The number of nitrogens with one attached hydrogen (secondary N) is 1. The van der Waals surface area contributed by atoms with Crippen molar-refractivity contribution in [3.05, 3.63) is 76.8 Å². The first-order valence-electron chi connectivity index (χ1n) is 11.5. The minimum atomic E-state index is -0.250. The average Bonchev–Trinajstić information content (AvgIpc) is 3.53. The Morgan fingerprint density at radius 1 is 1.03 bits per heavy atom. The molecule has 0 saturated carbocycles. The minimum Gasteiger partial charge on any atom is -0.454 e. The van der Waals surface area contributed by atoms with Crippen LogP contribution < -0.4 is 14.8 Å². The second kappa shape index (κ2) is 10.7. The van der Waals surface area contributed by atoms with Crippen LogP contribution in [-0.4, -0.2) is 59.6 Å². The van der Waals surface area contributed by atoms with Crippen molar-refractivity contribution in [2.45, 2.75) is 13.0 Å². The number of thiazole rings is 1. The maximum Gasteiger partial charge on any atom is 0.250 e. The number of ether oxygens (including phenoxy) is 2. The van der Waals surface area contributed by atoms with Crippen LogP contribution in [0.2, 0.25) is 0 Å². The van der Waals surface area contributed by atoms with Gasteiger partial charge in [0.15, 0.2) is 16.6 Å². The van der Waals surface area contributed by atoms with Gasteiger partial charge in [-0.15, -0.1) is 11.3 Å². The van der Waals surface area contributed by atoms with Crippen LogP contribution >= 0.6 is 11.3 Å². The molecule has 0 aliphatic carbocycles. The van der Waals surface area contributed by atoms with E-state index in [-0.39, 0.29) is 25.0 Å². The van der Waals surface area contributed by atoms with E-state index in [0.717, 1.165) is 36.7 Å². The molecular weight excluding hydrogens is 464 g/mol. The highest BCUT2D eigenvalue weighted by atomic mass is 32.1. The van der Waals surface area contributed by atoms with Crippen molar-refractivity contribution < 1.29 is 19.1 Å². The van der Waals surface area contributed by atoms with E-state index in [2.05, 4.69) is 21.3 Å². The standard InChI is InChI=1S/C26H26N4O4S/c31-24(9-7-19-4-2-1-3-5-19)28-26-27-21(17-35-26)15-25(32)30-12-10-29(11-13-30)16-20-6-8-22-23(14-20)34-18-33-22/h1-9,14,17H,10-13,15-16,18H2,(H,27,28,31). The van der Waals surface area contributed by atoms with E-state index in [1.807, 2.05) is 52.7 Å². The molecule has 0 radical (unpaired) electrons. The molecule has 35 heavy (non-hydrogen) atoms. The van der Waals surface area contributed by atoms with Gasteiger partial charge in [-0.2, -0.15) is 0 Å². The fourth-order valence-corrected chi connectivity index (χ4v) is 4.76. The van der Waals surface area contributed by atoms with E-state index in [1.54, 1.807) is 6.08 Å². The zero-order valence-electron chi connectivity index (χ0n) is 19.2. The summed E-state index contributed by atoms with van der Waals surface area (Å²) < 4.78 is 10.8. The van der Waals surface area contributed by atoms with Gasteiger partial charge >= 0.3 is 0 Å². The highest BCUT2D eigenvalue weighted by Gasteiger charge is 2.23. The Morgan fingerprint density at radius 2 is 1.83 bits per heavy atom. The number of aromatic nitrogens is 1. The van der Waals surface area contributed by atoms with Crippen LogP contribution in [0.3, 0.4) is 0 Å². The van der Waals surface area contributed by atoms with E-state index < -0.39 is 0 Å². The summed E-state index contributed by atoms with van der Waals surface area (Å²) in [6.07, 6.45) is 3.46. The molecule has 1 aromatic heterocycles. The van der Waals surface area contributed by atoms with Crippen LogP contribution in [0.1, 0.15) is 16.8 Å². The minimum absolute atomic E-state index is 0.0554. The first kappa shape index (κ1) is 23.1. The Labute approximate surface area is 207 Å². The lowest BCUT2D eigenvalue weighted by molar-refractivity contribution is -0.132. The maximum atomic E-state index is 12.8. The number of hydrogen-bond donors (Lipinski definition) is 1. The molecule has 0 atom stereocenters. The summed E-state index contributed by atoms with van der Waals surface area (Å²) in [5.74, 6) is 1.39. The number of anilines is 1. The second-order valence-electron chi connectivity index (χ2n) is 8.40. The lowest BCUT2D eigenvalue weighted by Crippen LogP contribution is -2.48. The number of benzene rings is 2. The Balaban J connectivity index is 1.07. The predicted octanol–water partition coefficient (Wildman–Crippen LogP) is 3.41. The van der Waals surface area contributed by atoms with Gasteiger partial charge in [-0.3, -0.25) is 19.8 Å². The molecule has 1 fully saturated rings. The van der Waals surface area contributed by atoms with Crippen LogP contribution in [0.5, 0.6) is 11.5 Å². The van der Waals surface area contributed by atoms with Gasteiger partial charge in [-0.1, -0.05) is 36.4 Å². The number of carbonyl (C=O) groups is 2. The van der Waals surface area contributed by atoms with Gasteiger partial charge in [0, 0.05) is 44.2 Å². The third kappa shape index (κ3) is 6.06. The first-order valence-corrected chi connectivity index (χ1v) is 12.4. The summed E-state index contributed by atoms with van der Waals surface area (Å²) in [6, 6.07) is 15.6. The molecule has 2 aliphatic heterocycles. The fourth-order valence-electron chi connectivity index (χ4n) is 4.05. The van der Waals surface area contributed by atoms with E-state index >= 15 is 0 Å². The van der Waals surface area contributed by atoms with Gasteiger partial charge in [-0.25, -0.2) is 4.98 Å². The lowest BCUT2D eigenvalue weighted by atomic mass is 10.1. The van der Waals surface area contributed by atoms with E-state index in [0.29, 0.717) is 23.9 Å². The van der Waals surface area contributed by atoms with Crippen LogP contribution in [0, 0.1) is 0 Å². The smallest absolute Gasteiger partial charge is 0.250 e. The summed E-state index contributed by atoms with van der Waals surface area (Å²) in [4.78, 5) is 33.6. The van der Waals surface area contributed by atoms with Crippen molar-refractivity contribution in [2.24, 2.45) is 0 Å². The molecule has 0 bridgehead atoms. The van der Waals surface area contributed by atoms with Gasteiger partial charge < -0.3 is 14.4 Å². The molecule has 0 spiro atoms. The maximum absolute atomic E-state index is 12.8. The van der Waals surface area contributed by atoms with Gasteiger partial charge in [-0.05, 0) is 29.3 Å². The number of fused-ring (bicyclic) bond motifs is 1. The van der Waals surface area contributed by atoms with Crippen molar-refractivity contribution in [1.29, 1.82) is 0 Å². The highest BCUT2D eigenvalue weighted by Crippen LogP contribution is 2.32. The molecule has 1 N–H and O–H groups in total. The van der Waals surface area contributed by atoms with Gasteiger partial charge in [0.1, 0.15) is 0 Å². The van der Waals surface area contributed by atoms with E-state index in [9.17, 15) is 9.59 Å². The Bertz CT molecular complexity index is 1220. The summed E-state index contributed by atoms with van der Waals surface area (Å²) in [5.41, 5.74) is 2.79. The number of hydrogen-bond acceptors (Lipinski definition) is 7. The second-order valence-corrected chi connectivity index (χ2v) is 9.26. The molecule has 3 aromatic rings. The third-order valence-corrected chi connectivity index (χ3v) is 6.72. The van der Waals surface area contributed by atoms with Crippen molar-refractivity contribution in [2.75, 3.05) is 38.3 Å². The monoisotopic (exact) mass is 490 g/mol. The SMILES string of the molecule is O=C(C=Cc1ccccc1)Nc1nc(CC(=O)N2CCN(Cc3ccc4c(c3)OCO4)CC2)cs1. The Kier molecular flexibility index (Phi) is 7.06. The third-order valence-electron chi connectivity index (χ3n) is 5.91. The molecule has 9 heteroatoms. The largest absolute Gasteiger partial charge is 0.454 e. The fraction of sp³-hybridized carbons (Fsp3) is 0.269. The summed E-state index contributed by atoms with van der Waals surface area (Å²) in [7, 11) is 0. The molecule has 5 rings (SSSR count). The topological polar surface area (TPSA) is 84.0 Å². The normalized spacial score (nSPS) is 15.5. The lowest BCUT2D eigenvalue weighted by Gasteiger charge is -2.34. The van der Waals surface area contributed by atoms with Crippen molar-refractivity contribution in [3.8, 4) is 11.5 Å². The van der Waals surface area contributed by atoms with E-state index in [4.69, 9.17) is 9.47 Å². The van der Waals surface area contributed by atoms with Crippen LogP contribution in [0.25, 0.3) is 6.08 Å². The van der Waals surface area contributed by atoms with Gasteiger partial charge in [0.25, 0.3) is 0 Å². The molecule has 2 aromatic carbocycles. The average molecular weight is 491 g/mol. The van der Waals surface area contributed by atoms with Gasteiger partial charge in [0.05, 0.1) is 12.1 Å². The Morgan fingerprint density at radius 3 is 2.66 bits per heavy atom. The molecule has 1 saturated heterocycles. The number of amides is 2. The van der Waals surface area contributed by atoms with Crippen LogP contribution in [0.4, 0.5) is 5.13 Å². The number of carbonyl (C=O) groups excluding carboxylic acids is 2. The van der Waals surface area contributed by atoms with Crippen molar-refractivity contribution in [3.63, 3.8) is 0 Å². The molecule has 3 heterocycles. The molecule has 8 nitrogen and oxygen atoms in total. The first-order chi connectivity index (χ1) is 17.1. The van der Waals surface area contributed by atoms with Crippen molar-refractivity contribution in [1.82, 2.24) is 14.8 Å². The summed E-state index contributed by atoms with van der Waals surface area (Å²) >= 11 is 1.32. The predicted molar refractivity (Wildman–Crippen MR) is 134 cm³/mol. The highest BCUT2D eigenvalue weighted by molar-refractivity contribution is 7.14. The van der Waals surface area contributed by atoms with Crippen LogP contribution in [-0.2, 0) is 22.6 Å². The molecule has 0 unspecified atom stereocenters. The molecule has 2 amide bonds. The molecular formula is C26H26N4O4S. The summed E-state index contributed by atoms with van der Waals surface area (Å²) in [5, 5.41) is 5.08. The number of nitrogens with zero attached hydrogens (tertiary/aromatic N) is 3. The molecule has 2 aliphatic rings. The number of rotatable bonds is 7. The van der Waals surface area contributed by atoms with Crippen LogP contribution in [0.15, 0.2) is 60.0 Å². The van der Waals surface area contributed by atoms with Crippen molar-refractivity contribution >= 4 is 34.4 Å².